The molecule has 3 rings (SSSR count). The number of aliphatic imine (C=N–C) groups is 1. The minimum atomic E-state index is -0.648. The molecule has 9 heteroatoms. The topological polar surface area (TPSA) is 157 Å². The highest BCUT2D eigenvalue weighted by Crippen LogP contribution is 2.21. The van der Waals surface area contributed by atoms with Gasteiger partial charge in [-0.1, -0.05) is 31.0 Å². The lowest BCUT2D eigenvalue weighted by molar-refractivity contribution is 0.100. The second-order valence-electron chi connectivity index (χ2n) is 6.86. The maximum Gasteiger partial charge on any atom is 0.254 e. The number of allylic oxidation sites excluding steroid dienone is 1. The normalized spacial score (nSPS) is 19.8. The second-order valence-corrected chi connectivity index (χ2v) is 6.86. The minimum absolute atomic E-state index is 0.0390. The fourth-order valence-electron chi connectivity index (χ4n) is 3.14. The van der Waals surface area contributed by atoms with Crippen molar-refractivity contribution in [3.8, 4) is 0 Å². The Labute approximate surface area is 169 Å². The number of para-hydroxylation sites is 1. The number of anilines is 2. The van der Waals surface area contributed by atoms with E-state index in [0.717, 1.165) is 31.4 Å². The summed E-state index contributed by atoms with van der Waals surface area (Å²) in [5.74, 6) is -0.0309. The lowest BCUT2D eigenvalue weighted by Crippen LogP contribution is -2.43. The van der Waals surface area contributed by atoms with E-state index in [1.165, 1.54) is 12.4 Å². The zero-order valence-corrected chi connectivity index (χ0v) is 16.1. The molecule has 29 heavy (non-hydrogen) atoms. The van der Waals surface area contributed by atoms with Crippen LogP contribution in [0.25, 0.3) is 0 Å². The maximum atomic E-state index is 11.8. The average Bonchev–Trinajstić information content (AvgIpc) is 2.73. The van der Waals surface area contributed by atoms with E-state index in [0.29, 0.717) is 11.6 Å². The van der Waals surface area contributed by atoms with E-state index in [2.05, 4.69) is 25.6 Å². The molecule has 1 fully saturated rings. The molecule has 152 valence electrons. The highest BCUT2D eigenvalue weighted by molar-refractivity contribution is 5.98. The molecule has 9 nitrogen and oxygen atoms in total. The van der Waals surface area contributed by atoms with Gasteiger partial charge in [-0.05, 0) is 25.0 Å². The van der Waals surface area contributed by atoms with Gasteiger partial charge in [-0.25, -0.2) is 4.98 Å². The van der Waals surface area contributed by atoms with Crippen molar-refractivity contribution in [1.82, 2.24) is 9.97 Å². The Morgan fingerprint density at radius 2 is 1.97 bits per heavy atom. The number of hydrogen-bond donors (Lipinski definition) is 5. The predicted octanol–water partition coefficient (Wildman–Crippen LogP) is 1.87. The lowest BCUT2D eigenvalue weighted by atomic mass is 9.91. The Morgan fingerprint density at radius 1 is 1.21 bits per heavy atom. The zero-order valence-electron chi connectivity index (χ0n) is 16.1. The van der Waals surface area contributed by atoms with Crippen molar-refractivity contribution in [3.63, 3.8) is 0 Å². The van der Waals surface area contributed by atoms with Crippen LogP contribution in [-0.4, -0.2) is 34.2 Å². The number of carbonyl (C=O) groups excluding carboxylic acids is 1. The monoisotopic (exact) mass is 394 g/mol. The van der Waals surface area contributed by atoms with Gasteiger partial charge in [0.2, 0.25) is 5.95 Å². The molecule has 1 amide bonds. The summed E-state index contributed by atoms with van der Waals surface area (Å²) in [7, 11) is 0. The molecular formula is C20H26N8O. The molecule has 1 aliphatic carbocycles. The van der Waals surface area contributed by atoms with E-state index in [1.807, 2.05) is 30.3 Å². The van der Waals surface area contributed by atoms with E-state index in [1.54, 1.807) is 6.21 Å². The highest BCUT2D eigenvalue weighted by Gasteiger charge is 2.23. The van der Waals surface area contributed by atoms with E-state index in [-0.39, 0.29) is 23.5 Å². The van der Waals surface area contributed by atoms with E-state index in [4.69, 9.17) is 17.2 Å². The standard InChI is InChI=1S/C20H26N8O/c21-10-14(11-24-13-6-2-1-3-7-13)26-19-15(18(23)29)12-25-20(28-19)27-17-9-5-4-8-16(17)22/h1-3,6-7,10-12,16-17H,4-5,8-9,21-22H2,(H2,23,29)(H2,25,26,27,28)/t16-,17+/m0/s1. The molecule has 0 bridgehead atoms. The molecule has 1 aromatic carbocycles. The van der Waals surface area contributed by atoms with Crippen LogP contribution in [0.4, 0.5) is 17.5 Å². The van der Waals surface area contributed by atoms with Gasteiger partial charge in [0.15, 0.2) is 0 Å². The van der Waals surface area contributed by atoms with E-state index in [9.17, 15) is 4.79 Å². The van der Waals surface area contributed by atoms with Crippen molar-refractivity contribution in [1.29, 1.82) is 0 Å². The number of primary amides is 1. The van der Waals surface area contributed by atoms with Crippen LogP contribution >= 0.6 is 0 Å². The summed E-state index contributed by atoms with van der Waals surface area (Å²) in [4.78, 5) is 24.8. The molecule has 0 aliphatic heterocycles. The largest absolute Gasteiger partial charge is 0.403 e. The fraction of sp³-hybridized carbons (Fsp3) is 0.300. The molecule has 2 aromatic rings. The van der Waals surface area contributed by atoms with E-state index < -0.39 is 5.91 Å². The zero-order chi connectivity index (χ0) is 20.6. The summed E-state index contributed by atoms with van der Waals surface area (Å²) in [6.45, 7) is 0. The molecular weight excluding hydrogens is 368 g/mol. The van der Waals surface area contributed by atoms with Crippen LogP contribution in [0.2, 0.25) is 0 Å². The van der Waals surface area contributed by atoms with Crippen molar-refractivity contribution in [2.75, 3.05) is 10.6 Å². The maximum absolute atomic E-state index is 11.8. The van der Waals surface area contributed by atoms with Gasteiger partial charge in [-0.15, -0.1) is 0 Å². The number of nitrogens with two attached hydrogens (primary N) is 3. The molecule has 2 atom stereocenters. The Morgan fingerprint density at radius 3 is 2.66 bits per heavy atom. The smallest absolute Gasteiger partial charge is 0.254 e. The molecule has 1 heterocycles. The lowest BCUT2D eigenvalue weighted by Gasteiger charge is -2.29. The first-order valence-corrected chi connectivity index (χ1v) is 9.54. The number of aromatic nitrogens is 2. The number of nitrogens with zero attached hydrogens (tertiary/aromatic N) is 3. The van der Waals surface area contributed by atoms with Gasteiger partial charge in [-0.3, -0.25) is 9.79 Å². The number of amides is 1. The summed E-state index contributed by atoms with van der Waals surface area (Å²) >= 11 is 0. The van der Waals surface area contributed by atoms with Crippen molar-refractivity contribution in [2.24, 2.45) is 22.2 Å². The predicted molar refractivity (Wildman–Crippen MR) is 115 cm³/mol. The first-order valence-electron chi connectivity index (χ1n) is 9.54. The molecule has 1 aromatic heterocycles. The molecule has 0 unspecified atom stereocenters. The molecule has 8 N–H and O–H groups in total. The van der Waals surface area contributed by atoms with Crippen LogP contribution in [0.5, 0.6) is 0 Å². The van der Waals surface area contributed by atoms with Gasteiger partial charge < -0.3 is 27.8 Å². The summed E-state index contributed by atoms with van der Waals surface area (Å²) in [6.07, 6.45) is 8.40. The van der Waals surface area contributed by atoms with Crippen LogP contribution in [0.1, 0.15) is 36.0 Å². The summed E-state index contributed by atoms with van der Waals surface area (Å²) < 4.78 is 0. The van der Waals surface area contributed by atoms with Gasteiger partial charge >= 0.3 is 0 Å². The molecule has 0 saturated heterocycles. The third kappa shape index (κ3) is 5.52. The highest BCUT2D eigenvalue weighted by atomic mass is 16.1. The van der Waals surface area contributed by atoms with Gasteiger partial charge in [0.05, 0.1) is 17.6 Å². The van der Waals surface area contributed by atoms with Crippen molar-refractivity contribution >= 4 is 29.6 Å². The Balaban J connectivity index is 1.80. The summed E-state index contributed by atoms with van der Waals surface area (Å²) in [5, 5.41) is 6.26. The van der Waals surface area contributed by atoms with Gasteiger partial charge in [0, 0.05) is 24.5 Å². The average molecular weight is 394 g/mol. The number of benzene rings is 1. The minimum Gasteiger partial charge on any atom is -0.403 e. The first-order chi connectivity index (χ1) is 14.1. The van der Waals surface area contributed by atoms with Crippen molar-refractivity contribution < 1.29 is 4.79 Å². The number of nitrogens with one attached hydrogen (secondary N) is 2. The summed E-state index contributed by atoms with van der Waals surface area (Å²) in [5.41, 5.74) is 18.7. The Hall–Kier alpha value is -3.46. The molecule has 0 spiro atoms. The second kappa shape index (κ2) is 9.65. The first kappa shape index (κ1) is 20.3. The Kier molecular flexibility index (Phi) is 6.75. The number of carbonyl (C=O) groups is 1. The van der Waals surface area contributed by atoms with Crippen molar-refractivity contribution in [3.05, 3.63) is 54.0 Å². The number of hydrogen-bond acceptors (Lipinski definition) is 8. The van der Waals surface area contributed by atoms with Crippen LogP contribution in [0.15, 0.2) is 53.4 Å². The van der Waals surface area contributed by atoms with Crippen LogP contribution in [0, 0.1) is 0 Å². The summed E-state index contributed by atoms with van der Waals surface area (Å²) in [6, 6.07) is 9.52. The van der Waals surface area contributed by atoms with Crippen LogP contribution in [-0.2, 0) is 0 Å². The van der Waals surface area contributed by atoms with Gasteiger partial charge in [-0.2, -0.15) is 4.98 Å². The van der Waals surface area contributed by atoms with Gasteiger partial charge in [0.25, 0.3) is 5.91 Å². The van der Waals surface area contributed by atoms with Crippen LogP contribution < -0.4 is 27.8 Å². The van der Waals surface area contributed by atoms with Crippen molar-refractivity contribution in [2.45, 2.75) is 37.8 Å². The third-order valence-electron chi connectivity index (χ3n) is 4.74. The fourth-order valence-corrected chi connectivity index (χ4v) is 3.14. The van der Waals surface area contributed by atoms with Crippen LogP contribution in [0.3, 0.4) is 0 Å². The molecule has 1 saturated carbocycles. The van der Waals surface area contributed by atoms with Gasteiger partial charge in [0.1, 0.15) is 11.4 Å². The quantitative estimate of drug-likeness (QED) is 0.448. The molecule has 1 aliphatic rings. The number of rotatable bonds is 7. The van der Waals surface area contributed by atoms with E-state index >= 15 is 0 Å². The third-order valence-corrected chi connectivity index (χ3v) is 4.74. The SMILES string of the molecule is NC=C(C=Nc1ccccc1)Nc1nc(N[C@@H]2CCCC[C@@H]2N)ncc1C(N)=O. The Bertz CT molecular complexity index is 897. The molecule has 0 radical (unpaired) electrons.